The van der Waals surface area contributed by atoms with Crippen molar-refractivity contribution in [2.45, 2.75) is 6.23 Å². The Hall–Kier alpha value is -0.690. The van der Waals surface area contributed by atoms with Gasteiger partial charge in [0.2, 0.25) is 5.91 Å². The lowest BCUT2D eigenvalue weighted by Crippen LogP contribution is -2.43. The average Bonchev–Trinajstić information content (AvgIpc) is 2.01. The van der Waals surface area contributed by atoms with Crippen LogP contribution >= 0.6 is 0 Å². The molecule has 0 spiro atoms. The van der Waals surface area contributed by atoms with Crippen molar-refractivity contribution in [1.82, 2.24) is 10.6 Å². The van der Waals surface area contributed by atoms with Crippen LogP contribution in [-0.2, 0) is 4.79 Å². The lowest BCUT2D eigenvalue weighted by atomic mass is 10.5. The van der Waals surface area contributed by atoms with E-state index >= 15 is 0 Å². The maximum absolute atomic E-state index is 10.7. The molecule has 1 unspecified atom stereocenters. The van der Waals surface area contributed by atoms with Crippen molar-refractivity contribution in [2.75, 3.05) is 19.8 Å². The van der Waals surface area contributed by atoms with Gasteiger partial charge in [0.25, 0.3) is 0 Å². The van der Waals surface area contributed by atoms with E-state index in [1.165, 1.54) is 0 Å². The van der Waals surface area contributed by atoms with Crippen molar-refractivity contribution >= 4 is 5.91 Å². The number of amides is 1. The molecule has 0 saturated heterocycles. The molecule has 0 bridgehead atoms. The lowest BCUT2D eigenvalue weighted by Gasteiger charge is -2.08. The van der Waals surface area contributed by atoms with Crippen molar-refractivity contribution in [3.8, 4) is 0 Å². The van der Waals surface area contributed by atoms with Crippen LogP contribution in [0.2, 0.25) is 0 Å². The number of rotatable bonds is 5. The minimum atomic E-state index is -0.835. The Kier molecular flexibility index (Phi) is 5.67. The van der Waals surface area contributed by atoms with Crippen LogP contribution in [0.5, 0.6) is 0 Å². The van der Waals surface area contributed by atoms with Crippen molar-refractivity contribution in [2.24, 2.45) is 11.5 Å². The molecule has 0 aliphatic heterocycles. The molecule has 66 valence electrons. The first kappa shape index (κ1) is 10.3. The molecule has 6 heteroatoms. The Bertz CT molecular complexity index is 119. The first-order chi connectivity index (χ1) is 5.20. The Labute approximate surface area is 64.9 Å². The van der Waals surface area contributed by atoms with Crippen LogP contribution in [0.15, 0.2) is 0 Å². The van der Waals surface area contributed by atoms with Crippen LogP contribution in [0.4, 0.5) is 0 Å². The van der Waals surface area contributed by atoms with E-state index in [0.29, 0.717) is 0 Å². The molecule has 6 nitrogen and oxygen atoms in total. The Morgan fingerprint density at radius 1 is 1.55 bits per heavy atom. The van der Waals surface area contributed by atoms with Gasteiger partial charge in [-0.05, 0) is 0 Å². The summed E-state index contributed by atoms with van der Waals surface area (Å²) in [6, 6.07) is 0. The predicted octanol–water partition coefficient (Wildman–Crippen LogP) is -3.11. The smallest absolute Gasteiger partial charge is 0.235 e. The van der Waals surface area contributed by atoms with E-state index in [1.54, 1.807) is 0 Å². The van der Waals surface area contributed by atoms with E-state index in [4.69, 9.17) is 16.6 Å². The van der Waals surface area contributed by atoms with Gasteiger partial charge in [0.15, 0.2) is 0 Å². The Morgan fingerprint density at radius 3 is 2.64 bits per heavy atom. The summed E-state index contributed by atoms with van der Waals surface area (Å²) in [5, 5.41) is 13.7. The summed E-state index contributed by atoms with van der Waals surface area (Å²) in [5.74, 6) is -0.264. The van der Waals surface area contributed by atoms with E-state index in [1.807, 2.05) is 0 Å². The highest BCUT2D eigenvalue weighted by atomic mass is 16.3. The second kappa shape index (κ2) is 6.05. The second-order valence-electron chi connectivity index (χ2n) is 1.94. The standard InChI is InChI=1S/C5H14N4O2/c6-1-4(10)8-2-5(11)9-3-7/h4,8,10H,1-3,6-7H2,(H,9,11). The van der Waals surface area contributed by atoms with Crippen LogP contribution in [0, 0.1) is 0 Å². The van der Waals surface area contributed by atoms with Crippen molar-refractivity contribution in [3.05, 3.63) is 0 Å². The molecule has 0 aliphatic rings. The van der Waals surface area contributed by atoms with Crippen LogP contribution in [0.25, 0.3) is 0 Å². The zero-order valence-electron chi connectivity index (χ0n) is 6.21. The third kappa shape index (κ3) is 5.74. The van der Waals surface area contributed by atoms with Crippen molar-refractivity contribution < 1.29 is 9.90 Å². The summed E-state index contributed by atoms with van der Waals surface area (Å²) in [6.45, 7) is 0.199. The van der Waals surface area contributed by atoms with Crippen LogP contribution in [0.1, 0.15) is 0 Å². The maximum atomic E-state index is 10.7. The normalized spacial score (nSPS) is 12.6. The molecular formula is C5H14N4O2. The van der Waals surface area contributed by atoms with Crippen LogP contribution in [-0.4, -0.2) is 37.0 Å². The zero-order valence-corrected chi connectivity index (χ0v) is 6.21. The summed E-state index contributed by atoms with van der Waals surface area (Å²) in [7, 11) is 0. The second-order valence-corrected chi connectivity index (χ2v) is 1.94. The molecule has 0 aromatic rings. The van der Waals surface area contributed by atoms with E-state index in [0.717, 1.165) is 0 Å². The Morgan fingerprint density at radius 2 is 2.18 bits per heavy atom. The molecule has 0 rings (SSSR count). The molecule has 0 aromatic heterocycles. The summed E-state index contributed by atoms with van der Waals surface area (Å²) >= 11 is 0. The zero-order chi connectivity index (χ0) is 8.69. The first-order valence-corrected chi connectivity index (χ1v) is 3.29. The minimum absolute atomic E-state index is 0.0234. The fraction of sp³-hybridized carbons (Fsp3) is 0.800. The molecule has 0 fully saturated rings. The van der Waals surface area contributed by atoms with Gasteiger partial charge in [-0.2, -0.15) is 0 Å². The largest absolute Gasteiger partial charge is 0.377 e. The first-order valence-electron chi connectivity index (χ1n) is 3.29. The number of hydrogen-bond donors (Lipinski definition) is 5. The number of carbonyl (C=O) groups is 1. The number of hydrogen-bond acceptors (Lipinski definition) is 5. The van der Waals surface area contributed by atoms with E-state index < -0.39 is 6.23 Å². The number of nitrogens with two attached hydrogens (primary N) is 2. The summed E-state index contributed by atoms with van der Waals surface area (Å²) < 4.78 is 0. The van der Waals surface area contributed by atoms with Crippen molar-refractivity contribution in [1.29, 1.82) is 0 Å². The number of carbonyl (C=O) groups excluding carboxylic acids is 1. The molecule has 11 heavy (non-hydrogen) atoms. The monoisotopic (exact) mass is 162 g/mol. The number of aliphatic hydroxyl groups is 1. The molecule has 1 amide bonds. The van der Waals surface area contributed by atoms with Gasteiger partial charge >= 0.3 is 0 Å². The van der Waals surface area contributed by atoms with Crippen LogP contribution < -0.4 is 22.1 Å². The van der Waals surface area contributed by atoms with Gasteiger partial charge in [0, 0.05) is 6.54 Å². The topological polar surface area (TPSA) is 113 Å². The third-order valence-electron chi connectivity index (χ3n) is 1.02. The van der Waals surface area contributed by atoms with Gasteiger partial charge in [0.05, 0.1) is 13.2 Å². The van der Waals surface area contributed by atoms with Gasteiger partial charge in [0.1, 0.15) is 6.23 Å². The number of nitrogens with one attached hydrogen (secondary N) is 2. The van der Waals surface area contributed by atoms with Gasteiger partial charge in [-0.3, -0.25) is 10.1 Å². The third-order valence-corrected chi connectivity index (χ3v) is 1.02. The number of aliphatic hydroxyl groups excluding tert-OH is 1. The van der Waals surface area contributed by atoms with Crippen molar-refractivity contribution in [3.63, 3.8) is 0 Å². The van der Waals surface area contributed by atoms with Crippen LogP contribution in [0.3, 0.4) is 0 Å². The highest BCUT2D eigenvalue weighted by Gasteiger charge is 2.02. The average molecular weight is 162 g/mol. The summed E-state index contributed by atoms with van der Waals surface area (Å²) in [5.41, 5.74) is 10.1. The maximum Gasteiger partial charge on any atom is 0.235 e. The molecule has 7 N–H and O–H groups in total. The SMILES string of the molecule is NCNC(=O)CNC(O)CN. The van der Waals surface area contributed by atoms with Gasteiger partial charge in [-0.25, -0.2) is 0 Å². The summed E-state index contributed by atoms with van der Waals surface area (Å²) in [4.78, 5) is 10.7. The van der Waals surface area contributed by atoms with E-state index in [2.05, 4.69) is 10.6 Å². The van der Waals surface area contributed by atoms with Gasteiger partial charge in [-0.15, -0.1) is 0 Å². The molecule has 1 atom stereocenters. The van der Waals surface area contributed by atoms with Gasteiger partial charge in [-0.1, -0.05) is 0 Å². The Balaban J connectivity index is 3.30. The lowest BCUT2D eigenvalue weighted by molar-refractivity contribution is -0.120. The molecular weight excluding hydrogens is 148 g/mol. The molecule has 0 aliphatic carbocycles. The van der Waals surface area contributed by atoms with Gasteiger partial charge < -0.3 is 21.9 Å². The van der Waals surface area contributed by atoms with E-state index in [9.17, 15) is 4.79 Å². The minimum Gasteiger partial charge on any atom is -0.377 e. The summed E-state index contributed by atoms with van der Waals surface area (Å²) in [6.07, 6.45) is -0.835. The highest BCUT2D eigenvalue weighted by molar-refractivity contribution is 5.77. The quantitative estimate of drug-likeness (QED) is 0.274. The molecule has 0 heterocycles. The molecule has 0 radical (unpaired) electrons. The fourth-order valence-corrected chi connectivity index (χ4v) is 0.470. The molecule has 0 aromatic carbocycles. The predicted molar refractivity (Wildman–Crippen MR) is 40.3 cm³/mol. The highest BCUT2D eigenvalue weighted by Crippen LogP contribution is 1.69. The fourth-order valence-electron chi connectivity index (χ4n) is 0.470. The molecule has 0 saturated carbocycles. The van der Waals surface area contributed by atoms with E-state index in [-0.39, 0.29) is 25.7 Å².